The van der Waals surface area contributed by atoms with Gasteiger partial charge in [-0.1, -0.05) is 6.92 Å². The molecule has 3 fully saturated rings. The Morgan fingerprint density at radius 3 is 2.15 bits per heavy atom. The molecule has 0 aromatic heterocycles. The third-order valence-electron chi connectivity index (χ3n) is 4.30. The van der Waals surface area contributed by atoms with Gasteiger partial charge in [0.05, 0.1) is 26.7 Å². The minimum Gasteiger partial charge on any atom is -0.326 e. The molecule has 3 aliphatic heterocycles. The van der Waals surface area contributed by atoms with Crippen LogP contribution in [-0.2, 0) is 0 Å². The van der Waals surface area contributed by atoms with Crippen molar-refractivity contribution in [3.63, 3.8) is 0 Å². The first kappa shape index (κ1) is 9.47. The lowest BCUT2D eigenvalue weighted by Gasteiger charge is -2.53. The van der Waals surface area contributed by atoms with E-state index in [1.165, 1.54) is 49.9 Å². The molecule has 0 aliphatic carbocycles. The molecule has 3 saturated heterocycles. The van der Waals surface area contributed by atoms with Gasteiger partial charge in [0, 0.05) is 25.8 Å². The highest BCUT2D eigenvalue weighted by atomic mass is 15.3. The Balaban J connectivity index is 1.95. The highest BCUT2D eigenvalue weighted by Gasteiger charge is 2.46. The molecule has 0 spiro atoms. The van der Waals surface area contributed by atoms with Crippen molar-refractivity contribution in [2.24, 2.45) is 5.41 Å². The predicted molar refractivity (Wildman–Crippen MR) is 55.6 cm³/mol. The molecule has 0 aromatic rings. The number of piperidine rings is 3. The summed E-state index contributed by atoms with van der Waals surface area (Å²) in [6, 6.07) is 0. The molecule has 2 bridgehead atoms. The van der Waals surface area contributed by atoms with E-state index in [0.29, 0.717) is 5.41 Å². The molecule has 76 valence electrons. The molecule has 0 unspecified atom stereocenters. The minimum absolute atomic E-state index is 0.687. The van der Waals surface area contributed by atoms with E-state index in [2.05, 4.69) is 19.3 Å². The van der Waals surface area contributed by atoms with Crippen LogP contribution < -0.4 is 5.32 Å². The van der Waals surface area contributed by atoms with Crippen molar-refractivity contribution in [3.8, 4) is 0 Å². The highest BCUT2D eigenvalue weighted by Crippen LogP contribution is 2.42. The number of nitrogens with zero attached hydrogens (tertiary/aromatic N) is 1. The third kappa shape index (κ3) is 1.75. The lowest BCUT2D eigenvalue weighted by Crippen LogP contribution is -2.61. The smallest absolute Gasteiger partial charge is 0.0790 e. The van der Waals surface area contributed by atoms with Crippen molar-refractivity contribution in [1.29, 1.82) is 0 Å². The maximum Gasteiger partial charge on any atom is 0.0790 e. The van der Waals surface area contributed by atoms with Crippen molar-refractivity contribution in [2.45, 2.75) is 26.2 Å². The Morgan fingerprint density at radius 1 is 1.15 bits per heavy atom. The van der Waals surface area contributed by atoms with E-state index >= 15 is 0 Å². The largest absolute Gasteiger partial charge is 0.326 e. The number of nitrogens with one attached hydrogen (secondary N) is 1. The number of hydrogen-bond donors (Lipinski definition) is 1. The minimum atomic E-state index is 0.687. The number of quaternary nitrogens is 1. The van der Waals surface area contributed by atoms with Crippen LogP contribution in [0.2, 0.25) is 0 Å². The van der Waals surface area contributed by atoms with E-state index in [-0.39, 0.29) is 0 Å². The van der Waals surface area contributed by atoms with Gasteiger partial charge in [-0.25, -0.2) is 0 Å². The van der Waals surface area contributed by atoms with E-state index in [0.717, 1.165) is 6.54 Å². The van der Waals surface area contributed by atoms with Crippen LogP contribution in [0.5, 0.6) is 0 Å². The van der Waals surface area contributed by atoms with Crippen LogP contribution in [-0.4, -0.2) is 44.3 Å². The van der Waals surface area contributed by atoms with Crippen molar-refractivity contribution >= 4 is 0 Å². The second-order valence-corrected chi connectivity index (χ2v) is 5.32. The maximum absolute atomic E-state index is 3.54. The van der Waals surface area contributed by atoms with Crippen LogP contribution in [0.3, 0.4) is 0 Å². The summed E-state index contributed by atoms with van der Waals surface area (Å²) in [5, 5.41) is 3.54. The molecule has 3 rings (SSSR count). The molecule has 0 atom stereocenters. The Morgan fingerprint density at radius 2 is 1.69 bits per heavy atom. The molecular formula is C11H23N2+. The first-order chi connectivity index (χ1) is 6.18. The molecule has 1 N–H and O–H groups in total. The maximum atomic E-state index is 3.54. The van der Waals surface area contributed by atoms with Crippen LogP contribution in [0.25, 0.3) is 0 Å². The molecule has 2 nitrogen and oxygen atoms in total. The van der Waals surface area contributed by atoms with Gasteiger partial charge in [0.25, 0.3) is 0 Å². The third-order valence-corrected chi connectivity index (χ3v) is 4.30. The van der Waals surface area contributed by atoms with Gasteiger partial charge in [0.1, 0.15) is 0 Å². The molecule has 13 heavy (non-hydrogen) atoms. The molecule has 0 radical (unpaired) electrons. The molecule has 3 aliphatic rings. The van der Waals surface area contributed by atoms with E-state index in [1.807, 2.05) is 0 Å². The van der Waals surface area contributed by atoms with Crippen molar-refractivity contribution in [2.75, 3.05) is 39.8 Å². The van der Waals surface area contributed by atoms with E-state index < -0.39 is 0 Å². The fourth-order valence-electron chi connectivity index (χ4n) is 2.89. The fraction of sp³-hybridized carbons (Fsp3) is 1.00. The van der Waals surface area contributed by atoms with E-state index in [1.54, 1.807) is 0 Å². The normalized spacial score (nSPS) is 43.8. The van der Waals surface area contributed by atoms with Crippen LogP contribution in [0, 0.1) is 5.41 Å². The summed E-state index contributed by atoms with van der Waals surface area (Å²) in [4.78, 5) is 0. The molecular weight excluding hydrogens is 160 g/mol. The number of fused-ring (bicyclic) bond motifs is 3. The van der Waals surface area contributed by atoms with Gasteiger partial charge in [-0.3, -0.25) is 0 Å². The van der Waals surface area contributed by atoms with Gasteiger partial charge in [-0.2, -0.15) is 0 Å². The SMILES string of the molecule is CCNCC12CC[N+](C)(CC1)CC2. The molecule has 0 amide bonds. The highest BCUT2D eigenvalue weighted by molar-refractivity contribution is 4.87. The molecule has 2 heteroatoms. The summed E-state index contributed by atoms with van der Waals surface area (Å²) >= 11 is 0. The van der Waals surface area contributed by atoms with Crippen molar-refractivity contribution < 1.29 is 4.48 Å². The number of rotatable bonds is 3. The summed E-state index contributed by atoms with van der Waals surface area (Å²) in [6.45, 7) is 8.88. The van der Waals surface area contributed by atoms with Crippen LogP contribution >= 0.6 is 0 Å². The van der Waals surface area contributed by atoms with Gasteiger partial charge in [0.2, 0.25) is 0 Å². The monoisotopic (exact) mass is 183 g/mol. The second-order valence-electron chi connectivity index (χ2n) is 5.32. The fourth-order valence-corrected chi connectivity index (χ4v) is 2.89. The zero-order valence-electron chi connectivity index (χ0n) is 9.10. The predicted octanol–water partition coefficient (Wildman–Crippen LogP) is 1.23. The second kappa shape index (κ2) is 3.25. The summed E-state index contributed by atoms with van der Waals surface area (Å²) in [7, 11) is 2.43. The van der Waals surface area contributed by atoms with Gasteiger partial charge < -0.3 is 9.80 Å². The first-order valence-electron chi connectivity index (χ1n) is 5.72. The number of hydrogen-bond acceptors (Lipinski definition) is 1. The zero-order valence-corrected chi connectivity index (χ0v) is 9.10. The Hall–Kier alpha value is -0.0800. The molecule has 3 heterocycles. The zero-order chi connectivity index (χ0) is 9.36. The topological polar surface area (TPSA) is 12.0 Å². The first-order valence-corrected chi connectivity index (χ1v) is 5.72. The van der Waals surface area contributed by atoms with Crippen molar-refractivity contribution in [1.82, 2.24) is 5.32 Å². The van der Waals surface area contributed by atoms with Gasteiger partial charge >= 0.3 is 0 Å². The van der Waals surface area contributed by atoms with Gasteiger partial charge in [-0.15, -0.1) is 0 Å². The van der Waals surface area contributed by atoms with Crippen LogP contribution in [0.1, 0.15) is 26.2 Å². The van der Waals surface area contributed by atoms with Crippen LogP contribution in [0.4, 0.5) is 0 Å². The summed E-state index contributed by atoms with van der Waals surface area (Å²) in [5.41, 5.74) is 0.687. The van der Waals surface area contributed by atoms with E-state index in [9.17, 15) is 0 Å². The summed E-state index contributed by atoms with van der Waals surface area (Å²) < 4.78 is 1.36. The van der Waals surface area contributed by atoms with Crippen LogP contribution in [0.15, 0.2) is 0 Å². The standard InChI is InChI=1S/C11H23N2/c1-3-12-10-11-4-7-13(2,8-5-11)9-6-11/h12H,3-10H2,1-2H3/q+1. The van der Waals surface area contributed by atoms with Gasteiger partial charge in [-0.05, 0) is 12.0 Å². The lowest BCUT2D eigenvalue weighted by atomic mass is 9.71. The quantitative estimate of drug-likeness (QED) is 0.649. The Labute approximate surface area is 81.9 Å². The Bertz CT molecular complexity index is 158. The summed E-state index contributed by atoms with van der Waals surface area (Å²) in [5.74, 6) is 0. The van der Waals surface area contributed by atoms with E-state index in [4.69, 9.17) is 0 Å². The average Bonchev–Trinajstić information content (AvgIpc) is 2.18. The molecule has 0 aromatic carbocycles. The average molecular weight is 183 g/mol. The molecule has 0 saturated carbocycles. The Kier molecular flexibility index (Phi) is 2.37. The van der Waals surface area contributed by atoms with Crippen molar-refractivity contribution in [3.05, 3.63) is 0 Å². The summed E-state index contributed by atoms with van der Waals surface area (Å²) in [6.07, 6.45) is 4.36. The van der Waals surface area contributed by atoms with Gasteiger partial charge in [0.15, 0.2) is 0 Å². The lowest BCUT2D eigenvalue weighted by molar-refractivity contribution is -0.927.